The van der Waals surface area contributed by atoms with Crippen molar-refractivity contribution in [3.63, 3.8) is 0 Å². The van der Waals surface area contributed by atoms with Crippen LogP contribution in [0.15, 0.2) is 36.4 Å². The van der Waals surface area contributed by atoms with Crippen LogP contribution < -0.4 is 0 Å². The predicted molar refractivity (Wildman–Crippen MR) is 59.2 cm³/mol. The second-order valence-corrected chi connectivity index (χ2v) is 3.42. The van der Waals surface area contributed by atoms with Crippen LogP contribution in [0.4, 0.5) is 0 Å². The Morgan fingerprint density at radius 3 is 2.67 bits per heavy atom. The van der Waals surface area contributed by atoms with Crippen molar-refractivity contribution < 1.29 is 5.11 Å². The van der Waals surface area contributed by atoms with E-state index in [1.165, 1.54) is 0 Å². The van der Waals surface area contributed by atoms with Crippen molar-refractivity contribution in [2.75, 3.05) is 0 Å². The van der Waals surface area contributed by atoms with E-state index in [1.54, 1.807) is 0 Å². The van der Waals surface area contributed by atoms with Gasteiger partial charge in [-0.3, -0.25) is 0 Å². The fourth-order valence-corrected chi connectivity index (χ4v) is 1.82. The Morgan fingerprint density at radius 2 is 1.93 bits per heavy atom. The zero-order chi connectivity index (χ0) is 10.7. The summed E-state index contributed by atoms with van der Waals surface area (Å²) in [6.45, 7) is -0.0155. The topological polar surface area (TPSA) is 44.0 Å². The van der Waals surface area contributed by atoms with Crippen LogP contribution in [0.5, 0.6) is 0 Å². The molecule has 0 heterocycles. The fourth-order valence-electron chi connectivity index (χ4n) is 1.82. The molecule has 2 aromatic carbocycles. The first-order chi connectivity index (χ1) is 7.36. The van der Waals surface area contributed by atoms with Gasteiger partial charge in [0.25, 0.3) is 0 Å². The van der Waals surface area contributed by atoms with Gasteiger partial charge in [0.2, 0.25) is 0 Å². The fraction of sp³-hybridized carbons (Fsp3) is 0.154. The Morgan fingerprint density at radius 1 is 1.13 bits per heavy atom. The van der Waals surface area contributed by atoms with Crippen LogP contribution in [0.2, 0.25) is 0 Å². The van der Waals surface area contributed by atoms with Gasteiger partial charge in [-0.1, -0.05) is 36.4 Å². The minimum Gasteiger partial charge on any atom is -0.392 e. The van der Waals surface area contributed by atoms with Crippen LogP contribution in [0.1, 0.15) is 11.1 Å². The van der Waals surface area contributed by atoms with Crippen LogP contribution in [0, 0.1) is 11.3 Å². The Kier molecular flexibility index (Phi) is 2.66. The molecular formula is C13H11NO. The Balaban J connectivity index is 2.71. The molecule has 74 valence electrons. The van der Waals surface area contributed by atoms with E-state index in [2.05, 4.69) is 6.07 Å². The van der Waals surface area contributed by atoms with Crippen LogP contribution in [0.3, 0.4) is 0 Å². The number of nitriles is 1. The Bertz CT molecular complexity index is 526. The minimum absolute atomic E-state index is 0.0155. The lowest BCUT2D eigenvalue weighted by Gasteiger charge is -2.08. The molecular weight excluding hydrogens is 186 g/mol. The summed E-state index contributed by atoms with van der Waals surface area (Å²) in [6.07, 6.45) is 0.348. The van der Waals surface area contributed by atoms with E-state index in [0.29, 0.717) is 6.42 Å². The molecule has 0 amide bonds. The van der Waals surface area contributed by atoms with E-state index in [-0.39, 0.29) is 6.61 Å². The molecule has 0 fully saturated rings. The van der Waals surface area contributed by atoms with Gasteiger partial charge >= 0.3 is 0 Å². The summed E-state index contributed by atoms with van der Waals surface area (Å²) >= 11 is 0. The lowest BCUT2D eigenvalue weighted by molar-refractivity contribution is 0.282. The highest BCUT2D eigenvalue weighted by Crippen LogP contribution is 2.22. The molecule has 0 aliphatic rings. The predicted octanol–water partition coefficient (Wildman–Crippen LogP) is 2.40. The van der Waals surface area contributed by atoms with Crippen LogP contribution in [-0.4, -0.2) is 5.11 Å². The molecule has 0 aromatic heterocycles. The van der Waals surface area contributed by atoms with E-state index < -0.39 is 0 Å². The first-order valence-corrected chi connectivity index (χ1v) is 4.84. The van der Waals surface area contributed by atoms with Gasteiger partial charge in [-0.15, -0.1) is 0 Å². The monoisotopic (exact) mass is 197 g/mol. The van der Waals surface area contributed by atoms with E-state index >= 15 is 0 Å². The minimum atomic E-state index is -0.0155. The largest absolute Gasteiger partial charge is 0.392 e. The number of aliphatic hydroxyl groups excluding tert-OH is 1. The molecule has 0 radical (unpaired) electrons. The van der Waals surface area contributed by atoms with Gasteiger partial charge in [-0.2, -0.15) is 5.26 Å². The molecule has 0 saturated carbocycles. The highest BCUT2D eigenvalue weighted by atomic mass is 16.3. The number of hydrogen-bond donors (Lipinski definition) is 1. The number of fused-ring (bicyclic) bond motifs is 1. The molecule has 0 aliphatic heterocycles. The summed E-state index contributed by atoms with van der Waals surface area (Å²) in [5.41, 5.74) is 1.79. The maximum atomic E-state index is 9.33. The van der Waals surface area contributed by atoms with Gasteiger partial charge in [0.05, 0.1) is 19.1 Å². The summed E-state index contributed by atoms with van der Waals surface area (Å²) in [5.74, 6) is 0. The molecule has 2 heteroatoms. The molecule has 0 atom stereocenters. The quantitative estimate of drug-likeness (QED) is 0.803. The van der Waals surface area contributed by atoms with Gasteiger partial charge in [0.15, 0.2) is 0 Å². The standard InChI is InChI=1S/C13H11NO/c14-8-7-11-6-5-10-3-1-2-4-12(10)13(11)9-15/h1-6,15H,7,9H2. The zero-order valence-electron chi connectivity index (χ0n) is 8.27. The second-order valence-electron chi connectivity index (χ2n) is 3.42. The molecule has 0 aliphatic carbocycles. The molecule has 2 aromatic rings. The SMILES string of the molecule is N#CCc1ccc2ccccc2c1CO. The van der Waals surface area contributed by atoms with E-state index in [9.17, 15) is 5.11 Å². The molecule has 0 saturated heterocycles. The number of aliphatic hydroxyl groups is 1. The average molecular weight is 197 g/mol. The van der Waals surface area contributed by atoms with Gasteiger partial charge in [-0.05, 0) is 21.9 Å². The Hall–Kier alpha value is -1.85. The Labute approximate surface area is 88.4 Å². The van der Waals surface area contributed by atoms with E-state index in [1.807, 2.05) is 36.4 Å². The van der Waals surface area contributed by atoms with Gasteiger partial charge in [0.1, 0.15) is 0 Å². The summed E-state index contributed by atoms with van der Waals surface area (Å²) in [5, 5.41) is 20.1. The van der Waals surface area contributed by atoms with Crippen molar-refractivity contribution >= 4 is 10.8 Å². The third-order valence-corrected chi connectivity index (χ3v) is 2.57. The van der Waals surface area contributed by atoms with E-state index in [4.69, 9.17) is 5.26 Å². The van der Waals surface area contributed by atoms with Crippen molar-refractivity contribution in [3.05, 3.63) is 47.5 Å². The van der Waals surface area contributed by atoms with E-state index in [0.717, 1.165) is 21.9 Å². The van der Waals surface area contributed by atoms with Crippen molar-refractivity contribution in [1.29, 1.82) is 5.26 Å². The van der Waals surface area contributed by atoms with Crippen molar-refractivity contribution in [1.82, 2.24) is 0 Å². The lowest BCUT2D eigenvalue weighted by Crippen LogP contribution is -1.94. The first-order valence-electron chi connectivity index (χ1n) is 4.84. The van der Waals surface area contributed by atoms with Gasteiger partial charge in [0, 0.05) is 0 Å². The molecule has 0 bridgehead atoms. The van der Waals surface area contributed by atoms with Crippen molar-refractivity contribution in [3.8, 4) is 6.07 Å². The molecule has 2 nitrogen and oxygen atoms in total. The molecule has 15 heavy (non-hydrogen) atoms. The van der Waals surface area contributed by atoms with Crippen molar-refractivity contribution in [2.24, 2.45) is 0 Å². The van der Waals surface area contributed by atoms with Crippen LogP contribution in [-0.2, 0) is 13.0 Å². The second kappa shape index (κ2) is 4.12. The lowest BCUT2D eigenvalue weighted by atomic mass is 9.98. The van der Waals surface area contributed by atoms with Crippen LogP contribution >= 0.6 is 0 Å². The maximum absolute atomic E-state index is 9.33. The number of benzene rings is 2. The summed E-state index contributed by atoms with van der Waals surface area (Å²) in [7, 11) is 0. The smallest absolute Gasteiger partial charge is 0.0690 e. The van der Waals surface area contributed by atoms with Gasteiger partial charge < -0.3 is 5.11 Å². The van der Waals surface area contributed by atoms with Crippen molar-refractivity contribution in [2.45, 2.75) is 13.0 Å². The number of rotatable bonds is 2. The normalized spacial score (nSPS) is 10.1. The van der Waals surface area contributed by atoms with Crippen LogP contribution in [0.25, 0.3) is 10.8 Å². The third-order valence-electron chi connectivity index (χ3n) is 2.57. The molecule has 1 N–H and O–H groups in total. The number of hydrogen-bond acceptors (Lipinski definition) is 2. The highest BCUT2D eigenvalue weighted by molar-refractivity contribution is 5.86. The molecule has 0 spiro atoms. The maximum Gasteiger partial charge on any atom is 0.0690 e. The zero-order valence-corrected chi connectivity index (χ0v) is 8.27. The average Bonchev–Trinajstić information content (AvgIpc) is 2.29. The molecule has 0 unspecified atom stereocenters. The van der Waals surface area contributed by atoms with Gasteiger partial charge in [-0.25, -0.2) is 0 Å². The first kappa shape index (κ1) is 9.70. The summed E-state index contributed by atoms with van der Waals surface area (Å²) < 4.78 is 0. The highest BCUT2D eigenvalue weighted by Gasteiger charge is 2.05. The summed E-state index contributed by atoms with van der Waals surface area (Å²) in [4.78, 5) is 0. The third kappa shape index (κ3) is 1.70. The summed E-state index contributed by atoms with van der Waals surface area (Å²) in [6, 6.07) is 13.9. The molecule has 2 rings (SSSR count). The number of nitrogens with zero attached hydrogens (tertiary/aromatic N) is 1.